The third kappa shape index (κ3) is 3.97. The highest BCUT2D eigenvalue weighted by Crippen LogP contribution is 2.32. The zero-order valence-corrected chi connectivity index (χ0v) is 15.7. The van der Waals surface area contributed by atoms with E-state index in [0.717, 1.165) is 37.4 Å². The van der Waals surface area contributed by atoms with Crippen molar-refractivity contribution in [3.63, 3.8) is 0 Å². The molecule has 1 aromatic heterocycles. The van der Waals surface area contributed by atoms with Crippen LogP contribution in [0.4, 0.5) is 0 Å². The molecule has 3 fully saturated rings. The zero-order chi connectivity index (χ0) is 17.4. The summed E-state index contributed by atoms with van der Waals surface area (Å²) in [5.74, 6) is 0.396. The summed E-state index contributed by atoms with van der Waals surface area (Å²) in [6, 6.07) is 5.42. The molecule has 1 amide bonds. The van der Waals surface area contributed by atoms with Crippen molar-refractivity contribution in [3.05, 3.63) is 40.3 Å². The van der Waals surface area contributed by atoms with Gasteiger partial charge in [-0.2, -0.15) is 0 Å². The first-order valence-electron chi connectivity index (χ1n) is 8.20. The molecule has 3 aliphatic heterocycles. The van der Waals surface area contributed by atoms with E-state index in [-0.39, 0.29) is 17.8 Å². The van der Waals surface area contributed by atoms with Crippen molar-refractivity contribution >= 4 is 40.9 Å². The van der Waals surface area contributed by atoms with E-state index < -0.39 is 0 Å². The molecule has 2 bridgehead atoms. The summed E-state index contributed by atoms with van der Waals surface area (Å²) in [7, 11) is 0. The van der Waals surface area contributed by atoms with Gasteiger partial charge in [0, 0.05) is 27.5 Å². The summed E-state index contributed by atoms with van der Waals surface area (Å²) >= 11 is 13.3. The molecule has 0 aliphatic carbocycles. The molecule has 0 radical (unpaired) electrons. The first-order valence-corrected chi connectivity index (χ1v) is 9.77. The van der Waals surface area contributed by atoms with Crippen LogP contribution in [0.15, 0.2) is 38.8 Å². The zero-order valence-electron chi connectivity index (χ0n) is 13.4. The molecule has 0 saturated carbocycles. The number of aromatic nitrogens is 1. The van der Waals surface area contributed by atoms with Gasteiger partial charge in [0.1, 0.15) is 0 Å². The van der Waals surface area contributed by atoms with Crippen LogP contribution in [-0.2, 0) is 0 Å². The van der Waals surface area contributed by atoms with Crippen molar-refractivity contribution in [2.75, 3.05) is 19.6 Å². The molecule has 2 aromatic rings. The van der Waals surface area contributed by atoms with E-state index in [9.17, 15) is 4.79 Å². The van der Waals surface area contributed by atoms with Crippen molar-refractivity contribution in [1.82, 2.24) is 15.2 Å². The molecular weight excluding hydrogens is 381 g/mol. The third-order valence-corrected chi connectivity index (χ3v) is 6.00. The van der Waals surface area contributed by atoms with Crippen molar-refractivity contribution in [2.45, 2.75) is 28.9 Å². The lowest BCUT2D eigenvalue weighted by atomic mass is 9.84. The van der Waals surface area contributed by atoms with Gasteiger partial charge in [-0.05, 0) is 50.0 Å². The largest absolute Gasteiger partial charge is 0.425 e. The summed E-state index contributed by atoms with van der Waals surface area (Å²) in [5.41, 5.74) is 0. The molecular formula is C17H17Cl2N3O2S. The van der Waals surface area contributed by atoms with E-state index in [4.69, 9.17) is 27.6 Å². The highest BCUT2D eigenvalue weighted by molar-refractivity contribution is 7.99. The number of hydrogen-bond acceptors (Lipinski definition) is 5. The van der Waals surface area contributed by atoms with Crippen LogP contribution in [0.1, 0.15) is 23.5 Å². The Labute approximate surface area is 160 Å². The van der Waals surface area contributed by atoms with Crippen LogP contribution in [0.25, 0.3) is 0 Å². The van der Waals surface area contributed by atoms with Crippen LogP contribution in [0, 0.1) is 5.92 Å². The summed E-state index contributed by atoms with van der Waals surface area (Å²) in [6.07, 6.45) is 3.84. The van der Waals surface area contributed by atoms with E-state index in [1.165, 1.54) is 11.8 Å². The maximum absolute atomic E-state index is 12.4. The molecule has 4 heterocycles. The van der Waals surface area contributed by atoms with Gasteiger partial charge < -0.3 is 14.6 Å². The topological polar surface area (TPSA) is 58.4 Å². The molecule has 1 aromatic carbocycles. The van der Waals surface area contributed by atoms with Gasteiger partial charge in [0.05, 0.1) is 6.20 Å². The second-order valence-corrected chi connectivity index (χ2v) is 8.36. The molecule has 0 unspecified atom stereocenters. The molecule has 3 aliphatic rings. The number of amides is 1. The molecule has 1 N–H and O–H groups in total. The van der Waals surface area contributed by atoms with Crippen molar-refractivity contribution in [3.8, 4) is 0 Å². The predicted octanol–water partition coefficient (Wildman–Crippen LogP) is 3.96. The Balaban J connectivity index is 1.41. The van der Waals surface area contributed by atoms with Gasteiger partial charge in [0.2, 0.25) is 0 Å². The van der Waals surface area contributed by atoms with Crippen LogP contribution in [-0.4, -0.2) is 41.5 Å². The Morgan fingerprint density at radius 1 is 1.24 bits per heavy atom. The number of benzene rings is 1. The normalized spacial score (nSPS) is 25.1. The highest BCUT2D eigenvalue weighted by atomic mass is 35.5. The average molecular weight is 398 g/mol. The molecule has 25 heavy (non-hydrogen) atoms. The fourth-order valence-electron chi connectivity index (χ4n) is 3.47. The summed E-state index contributed by atoms with van der Waals surface area (Å²) < 4.78 is 5.59. The lowest BCUT2D eigenvalue weighted by Gasteiger charge is -2.44. The maximum Gasteiger partial charge on any atom is 0.307 e. The lowest BCUT2D eigenvalue weighted by Crippen LogP contribution is -2.57. The van der Waals surface area contributed by atoms with Crippen molar-refractivity contribution < 1.29 is 9.21 Å². The Bertz CT molecular complexity index is 770. The first-order chi connectivity index (χ1) is 12.1. The molecule has 132 valence electrons. The SMILES string of the molecule is O=C(N[C@H]1CN2CCC1CC2)c1ncc(Sc2cc(Cl)cc(Cl)c2)o1. The smallest absolute Gasteiger partial charge is 0.307 e. The van der Waals surface area contributed by atoms with Gasteiger partial charge >= 0.3 is 5.91 Å². The molecule has 8 heteroatoms. The number of nitrogens with one attached hydrogen (secondary N) is 1. The second kappa shape index (κ2) is 7.19. The maximum atomic E-state index is 12.4. The minimum atomic E-state index is -0.255. The summed E-state index contributed by atoms with van der Waals surface area (Å²) in [5, 5.41) is 4.70. The number of piperidine rings is 3. The number of carbonyl (C=O) groups excluding carboxylic acids is 1. The Morgan fingerprint density at radius 3 is 2.60 bits per heavy atom. The second-order valence-electron chi connectivity index (χ2n) is 6.41. The van der Waals surface area contributed by atoms with Gasteiger partial charge in [-0.1, -0.05) is 35.0 Å². The van der Waals surface area contributed by atoms with Crippen LogP contribution < -0.4 is 5.32 Å². The van der Waals surface area contributed by atoms with Crippen LogP contribution in [0.2, 0.25) is 10.0 Å². The van der Waals surface area contributed by atoms with Crippen LogP contribution in [0.3, 0.4) is 0 Å². The summed E-state index contributed by atoms with van der Waals surface area (Å²) in [6.45, 7) is 3.19. The van der Waals surface area contributed by atoms with E-state index in [0.29, 0.717) is 21.1 Å². The lowest BCUT2D eigenvalue weighted by molar-refractivity contribution is 0.0599. The number of halogens is 2. The molecule has 1 atom stereocenters. The number of rotatable bonds is 4. The van der Waals surface area contributed by atoms with Crippen molar-refractivity contribution in [1.29, 1.82) is 0 Å². The van der Waals surface area contributed by atoms with E-state index in [2.05, 4.69) is 15.2 Å². The number of nitrogens with zero attached hydrogens (tertiary/aromatic N) is 2. The van der Waals surface area contributed by atoms with Crippen LogP contribution in [0.5, 0.6) is 0 Å². The van der Waals surface area contributed by atoms with Gasteiger partial charge in [0.15, 0.2) is 5.09 Å². The average Bonchev–Trinajstić information content (AvgIpc) is 3.03. The van der Waals surface area contributed by atoms with E-state index >= 15 is 0 Å². The molecule has 5 rings (SSSR count). The standard InChI is InChI=1S/C17H17Cl2N3O2S/c18-11-5-12(19)7-13(6-11)25-15-8-20-17(24-15)16(23)21-14-9-22-3-1-10(14)2-4-22/h5-8,10,14H,1-4,9H2,(H,21,23)/t14-/m0/s1. The monoisotopic (exact) mass is 397 g/mol. The number of fused-ring (bicyclic) bond motifs is 3. The van der Waals surface area contributed by atoms with E-state index in [1.54, 1.807) is 24.4 Å². The van der Waals surface area contributed by atoms with Crippen molar-refractivity contribution in [2.24, 2.45) is 5.92 Å². The number of oxazole rings is 1. The predicted molar refractivity (Wildman–Crippen MR) is 97.5 cm³/mol. The minimum Gasteiger partial charge on any atom is -0.425 e. The summed E-state index contributed by atoms with van der Waals surface area (Å²) in [4.78, 5) is 19.8. The Kier molecular flexibility index (Phi) is 4.95. The van der Waals surface area contributed by atoms with Gasteiger partial charge in [-0.15, -0.1) is 0 Å². The number of carbonyl (C=O) groups is 1. The van der Waals surface area contributed by atoms with E-state index in [1.807, 2.05) is 0 Å². The third-order valence-electron chi connectivity index (χ3n) is 4.71. The highest BCUT2D eigenvalue weighted by Gasteiger charge is 2.35. The minimum absolute atomic E-state index is 0.0899. The fourth-order valence-corrected chi connectivity index (χ4v) is 4.96. The Hall–Kier alpha value is -1.21. The van der Waals surface area contributed by atoms with Gasteiger partial charge in [-0.3, -0.25) is 4.79 Å². The molecule has 3 saturated heterocycles. The van der Waals surface area contributed by atoms with Crippen LogP contribution >= 0.6 is 35.0 Å². The Morgan fingerprint density at radius 2 is 1.96 bits per heavy atom. The van der Waals surface area contributed by atoms with Gasteiger partial charge in [0.25, 0.3) is 5.89 Å². The molecule has 0 spiro atoms. The number of hydrogen-bond donors (Lipinski definition) is 1. The van der Waals surface area contributed by atoms with Gasteiger partial charge in [-0.25, -0.2) is 4.98 Å². The first kappa shape index (κ1) is 17.2. The molecule has 5 nitrogen and oxygen atoms in total. The fraction of sp³-hybridized carbons (Fsp3) is 0.412. The quantitative estimate of drug-likeness (QED) is 0.845.